The summed E-state index contributed by atoms with van der Waals surface area (Å²) < 4.78 is 2.47. The number of aromatic nitrogens is 1. The van der Waals surface area contributed by atoms with Crippen molar-refractivity contribution >= 4 is 10.9 Å². The number of hydrogen-bond acceptors (Lipinski definition) is 1. The minimum Gasteiger partial charge on any atom is -0.336 e. The van der Waals surface area contributed by atoms with Gasteiger partial charge >= 0.3 is 0 Å². The molecule has 4 aromatic rings. The van der Waals surface area contributed by atoms with Gasteiger partial charge in [-0.3, -0.25) is 0 Å². The van der Waals surface area contributed by atoms with Crippen LogP contribution in [0.15, 0.2) is 72.8 Å². The summed E-state index contributed by atoms with van der Waals surface area (Å²) >= 11 is 0. The molecule has 0 saturated heterocycles. The molecule has 1 aromatic heterocycles. The summed E-state index contributed by atoms with van der Waals surface area (Å²) in [5, 5.41) is 1.31. The average Bonchev–Trinajstić information content (AvgIpc) is 2.99. The number of nitrogens with zero attached hydrogens (tertiary/aromatic N) is 1. The van der Waals surface area contributed by atoms with Crippen LogP contribution < -0.4 is 5.73 Å². The van der Waals surface area contributed by atoms with Crippen LogP contribution in [0.3, 0.4) is 0 Å². The fraction of sp³-hybridized carbons (Fsp3) is 0.200. The first kappa shape index (κ1) is 17.6. The van der Waals surface area contributed by atoms with Crippen molar-refractivity contribution in [1.82, 2.24) is 4.57 Å². The lowest BCUT2D eigenvalue weighted by Gasteiger charge is -2.15. The van der Waals surface area contributed by atoms with Crippen LogP contribution in [-0.4, -0.2) is 11.1 Å². The van der Waals surface area contributed by atoms with Gasteiger partial charge in [0.1, 0.15) is 0 Å². The molecule has 0 unspecified atom stereocenters. The van der Waals surface area contributed by atoms with Crippen molar-refractivity contribution in [3.8, 4) is 11.3 Å². The molecule has 3 aromatic carbocycles. The lowest BCUT2D eigenvalue weighted by Crippen LogP contribution is -2.07. The first-order valence-electron chi connectivity index (χ1n) is 9.60. The first-order chi connectivity index (χ1) is 13.2. The smallest absolute Gasteiger partial charge is 0.0527 e. The lowest BCUT2D eigenvalue weighted by atomic mass is 10.0. The maximum atomic E-state index is 6.00. The Balaban J connectivity index is 1.99. The summed E-state index contributed by atoms with van der Waals surface area (Å²) in [6, 6.07) is 26.1. The summed E-state index contributed by atoms with van der Waals surface area (Å²) in [4.78, 5) is 0. The maximum absolute atomic E-state index is 6.00. The molecular formula is C25H26N2. The summed E-state index contributed by atoms with van der Waals surface area (Å²) in [6.45, 7) is 5.87. The van der Waals surface area contributed by atoms with Crippen molar-refractivity contribution in [2.24, 2.45) is 5.73 Å². The summed E-state index contributed by atoms with van der Waals surface area (Å²) in [5.41, 5.74) is 15.2. The number of benzene rings is 3. The van der Waals surface area contributed by atoms with Gasteiger partial charge in [-0.05, 0) is 55.1 Å². The minimum atomic E-state index is 0.650. The Morgan fingerprint density at radius 3 is 2.37 bits per heavy atom. The molecule has 2 N–H and O–H groups in total. The number of aryl methyl sites for hydroxylation is 2. The highest BCUT2D eigenvalue weighted by atomic mass is 15.0. The van der Waals surface area contributed by atoms with E-state index >= 15 is 0 Å². The fourth-order valence-electron chi connectivity index (χ4n) is 4.00. The Labute approximate surface area is 161 Å². The SMILES string of the molecule is Cc1ccc(C)c(Cn2c(-c3ccccc3)c(CCN)c3ccccc32)c1. The molecule has 2 nitrogen and oxygen atoms in total. The van der Waals surface area contributed by atoms with E-state index in [1.807, 2.05) is 0 Å². The molecule has 0 amide bonds. The molecule has 0 fully saturated rings. The highest BCUT2D eigenvalue weighted by Crippen LogP contribution is 2.35. The van der Waals surface area contributed by atoms with E-state index in [0.29, 0.717) is 6.54 Å². The third kappa shape index (κ3) is 3.29. The quantitative estimate of drug-likeness (QED) is 0.506. The molecule has 0 saturated carbocycles. The Bertz CT molecular complexity index is 1070. The molecular weight excluding hydrogens is 328 g/mol. The lowest BCUT2D eigenvalue weighted by molar-refractivity contribution is 0.829. The predicted octanol–water partition coefficient (Wildman–Crippen LogP) is 5.47. The summed E-state index contributed by atoms with van der Waals surface area (Å²) in [5.74, 6) is 0. The fourth-order valence-corrected chi connectivity index (χ4v) is 4.00. The highest BCUT2D eigenvalue weighted by molar-refractivity contribution is 5.92. The number of fused-ring (bicyclic) bond motifs is 1. The minimum absolute atomic E-state index is 0.650. The Hall–Kier alpha value is -2.84. The van der Waals surface area contributed by atoms with Crippen LogP contribution in [0.2, 0.25) is 0 Å². The largest absolute Gasteiger partial charge is 0.336 e. The van der Waals surface area contributed by atoms with Gasteiger partial charge in [-0.25, -0.2) is 0 Å². The average molecular weight is 354 g/mol. The second-order valence-electron chi connectivity index (χ2n) is 7.27. The van der Waals surface area contributed by atoms with Gasteiger partial charge in [0.25, 0.3) is 0 Å². The number of para-hydroxylation sites is 1. The molecule has 1 heterocycles. The molecule has 0 bridgehead atoms. The van der Waals surface area contributed by atoms with Crippen LogP contribution in [0, 0.1) is 13.8 Å². The molecule has 2 heteroatoms. The van der Waals surface area contributed by atoms with E-state index in [-0.39, 0.29) is 0 Å². The second kappa shape index (κ2) is 7.42. The topological polar surface area (TPSA) is 30.9 Å². The van der Waals surface area contributed by atoms with Crippen LogP contribution in [0.4, 0.5) is 0 Å². The van der Waals surface area contributed by atoms with Crippen LogP contribution >= 0.6 is 0 Å². The van der Waals surface area contributed by atoms with Crippen LogP contribution in [-0.2, 0) is 13.0 Å². The standard InChI is InChI=1S/C25H26N2/c1-18-12-13-19(2)21(16-18)17-27-24-11-7-6-10-22(24)23(14-15-26)25(27)20-8-4-3-5-9-20/h3-13,16H,14-15,17,26H2,1-2H3. The first-order valence-corrected chi connectivity index (χ1v) is 9.60. The van der Waals surface area contributed by atoms with E-state index in [1.54, 1.807) is 0 Å². The van der Waals surface area contributed by atoms with Gasteiger partial charge in [0, 0.05) is 17.4 Å². The van der Waals surface area contributed by atoms with Crippen molar-refractivity contribution < 1.29 is 0 Å². The van der Waals surface area contributed by atoms with Crippen molar-refractivity contribution in [3.63, 3.8) is 0 Å². The highest BCUT2D eigenvalue weighted by Gasteiger charge is 2.18. The predicted molar refractivity (Wildman–Crippen MR) is 115 cm³/mol. The van der Waals surface area contributed by atoms with Gasteiger partial charge in [-0.1, -0.05) is 72.3 Å². The zero-order chi connectivity index (χ0) is 18.8. The van der Waals surface area contributed by atoms with Gasteiger partial charge in [0.15, 0.2) is 0 Å². The third-order valence-corrected chi connectivity index (χ3v) is 5.35. The van der Waals surface area contributed by atoms with Crippen molar-refractivity contribution in [3.05, 3.63) is 95.1 Å². The number of nitrogens with two attached hydrogens (primary N) is 1. The molecule has 27 heavy (non-hydrogen) atoms. The van der Waals surface area contributed by atoms with Crippen molar-refractivity contribution in [1.29, 1.82) is 0 Å². The maximum Gasteiger partial charge on any atom is 0.0527 e. The van der Waals surface area contributed by atoms with E-state index in [2.05, 4.69) is 91.2 Å². The number of rotatable bonds is 5. The van der Waals surface area contributed by atoms with Gasteiger partial charge in [-0.15, -0.1) is 0 Å². The Morgan fingerprint density at radius 2 is 1.59 bits per heavy atom. The Morgan fingerprint density at radius 1 is 0.852 bits per heavy atom. The second-order valence-corrected chi connectivity index (χ2v) is 7.27. The van der Waals surface area contributed by atoms with Gasteiger partial charge in [0.05, 0.1) is 5.69 Å². The molecule has 0 spiro atoms. The molecule has 0 radical (unpaired) electrons. The molecule has 0 aliphatic rings. The van der Waals surface area contributed by atoms with Crippen LogP contribution in [0.1, 0.15) is 22.3 Å². The van der Waals surface area contributed by atoms with E-state index in [0.717, 1.165) is 13.0 Å². The molecule has 0 atom stereocenters. The zero-order valence-electron chi connectivity index (χ0n) is 16.1. The molecule has 136 valence electrons. The monoisotopic (exact) mass is 354 g/mol. The zero-order valence-corrected chi connectivity index (χ0v) is 16.1. The summed E-state index contributed by atoms with van der Waals surface area (Å²) in [7, 11) is 0. The van der Waals surface area contributed by atoms with E-state index in [4.69, 9.17) is 5.73 Å². The van der Waals surface area contributed by atoms with Crippen molar-refractivity contribution in [2.75, 3.05) is 6.54 Å². The van der Waals surface area contributed by atoms with E-state index in [9.17, 15) is 0 Å². The van der Waals surface area contributed by atoms with Crippen LogP contribution in [0.25, 0.3) is 22.2 Å². The van der Waals surface area contributed by atoms with Crippen LogP contribution in [0.5, 0.6) is 0 Å². The van der Waals surface area contributed by atoms with Gasteiger partial charge < -0.3 is 10.3 Å². The number of hydrogen-bond donors (Lipinski definition) is 1. The normalized spacial score (nSPS) is 11.2. The van der Waals surface area contributed by atoms with Gasteiger partial charge in [-0.2, -0.15) is 0 Å². The Kier molecular flexibility index (Phi) is 4.83. The summed E-state index contributed by atoms with van der Waals surface area (Å²) in [6.07, 6.45) is 0.880. The van der Waals surface area contributed by atoms with Crippen molar-refractivity contribution in [2.45, 2.75) is 26.8 Å². The van der Waals surface area contributed by atoms with Gasteiger partial charge in [0.2, 0.25) is 0 Å². The molecule has 4 rings (SSSR count). The molecule has 0 aliphatic carbocycles. The third-order valence-electron chi connectivity index (χ3n) is 5.35. The van der Waals surface area contributed by atoms with E-state index in [1.165, 1.54) is 44.4 Å². The van der Waals surface area contributed by atoms with E-state index < -0.39 is 0 Å². The molecule has 0 aliphatic heterocycles.